The van der Waals surface area contributed by atoms with E-state index in [-0.39, 0.29) is 31.3 Å². The second-order valence-corrected chi connectivity index (χ2v) is 9.12. The molecule has 0 aliphatic carbocycles. The number of carboxylic acids is 1. The quantitative estimate of drug-likeness (QED) is 0.215. The molecule has 0 fully saturated rings. The van der Waals surface area contributed by atoms with E-state index in [2.05, 4.69) is 21.3 Å². The van der Waals surface area contributed by atoms with Crippen molar-refractivity contribution in [2.24, 2.45) is 0 Å². The first-order valence-electron chi connectivity index (χ1n) is 12.8. The number of rotatable bonds is 13. The van der Waals surface area contributed by atoms with Crippen LogP contribution in [0.3, 0.4) is 0 Å². The average molecular weight is 531 g/mol. The zero-order valence-electron chi connectivity index (χ0n) is 21.9. The molecule has 0 saturated carbocycles. The molecule has 0 saturated heterocycles. The molecular formula is C30H34N4O5. The number of carboxylic acid groups (broad SMARTS) is 1. The normalized spacial score (nSPS) is 11.2. The van der Waals surface area contributed by atoms with Crippen LogP contribution in [0.1, 0.15) is 42.0 Å². The molecule has 0 radical (unpaired) electrons. The van der Waals surface area contributed by atoms with E-state index in [1.54, 1.807) is 12.1 Å². The number of amides is 4. The number of carbonyl (C=O) groups excluding carboxylic acids is 3. The maximum absolute atomic E-state index is 12.4. The average Bonchev–Trinajstić information content (AvgIpc) is 2.94. The number of nitrogens with one attached hydrogen (secondary N) is 4. The van der Waals surface area contributed by atoms with E-state index >= 15 is 0 Å². The zero-order valence-corrected chi connectivity index (χ0v) is 21.9. The Hall–Kier alpha value is -4.66. The second kappa shape index (κ2) is 14.9. The maximum Gasteiger partial charge on any atom is 0.315 e. The number of aryl methyl sites for hydroxylation is 1. The van der Waals surface area contributed by atoms with Gasteiger partial charge in [0.15, 0.2) is 0 Å². The van der Waals surface area contributed by atoms with Crippen molar-refractivity contribution >= 4 is 23.8 Å². The predicted octanol–water partition coefficient (Wildman–Crippen LogP) is 3.69. The Morgan fingerprint density at radius 3 is 2.13 bits per heavy atom. The molecule has 204 valence electrons. The Morgan fingerprint density at radius 2 is 1.44 bits per heavy atom. The lowest BCUT2D eigenvalue weighted by Crippen LogP contribution is -2.39. The summed E-state index contributed by atoms with van der Waals surface area (Å²) < 4.78 is 0. The third-order valence-corrected chi connectivity index (χ3v) is 6.15. The highest BCUT2D eigenvalue weighted by Gasteiger charge is 2.18. The largest absolute Gasteiger partial charge is 0.481 e. The Kier molecular flexibility index (Phi) is 11.1. The van der Waals surface area contributed by atoms with Crippen LogP contribution in [-0.4, -0.2) is 42.0 Å². The molecule has 3 rings (SSSR count). The summed E-state index contributed by atoms with van der Waals surface area (Å²) in [5.74, 6) is -1.88. The van der Waals surface area contributed by atoms with Crippen molar-refractivity contribution in [2.45, 2.75) is 38.8 Å². The van der Waals surface area contributed by atoms with E-state index in [0.29, 0.717) is 25.1 Å². The van der Waals surface area contributed by atoms with Gasteiger partial charge in [0, 0.05) is 19.5 Å². The van der Waals surface area contributed by atoms with Crippen molar-refractivity contribution in [3.05, 3.63) is 95.6 Å². The monoisotopic (exact) mass is 530 g/mol. The summed E-state index contributed by atoms with van der Waals surface area (Å²) in [4.78, 5) is 47.9. The number of hydrogen-bond donors (Lipinski definition) is 5. The van der Waals surface area contributed by atoms with Crippen LogP contribution in [0, 0.1) is 6.92 Å². The van der Waals surface area contributed by atoms with Gasteiger partial charge in [0.05, 0.1) is 19.0 Å². The Balaban J connectivity index is 1.38. The molecule has 3 aromatic rings. The number of carbonyl (C=O) groups is 4. The number of aliphatic carboxylic acids is 1. The van der Waals surface area contributed by atoms with Crippen LogP contribution in [0.15, 0.2) is 78.9 Å². The van der Waals surface area contributed by atoms with Gasteiger partial charge >= 0.3 is 12.0 Å². The molecule has 9 nitrogen and oxygen atoms in total. The number of urea groups is 1. The van der Waals surface area contributed by atoms with Gasteiger partial charge in [0.25, 0.3) is 0 Å². The van der Waals surface area contributed by atoms with Gasteiger partial charge in [-0.15, -0.1) is 0 Å². The lowest BCUT2D eigenvalue weighted by Gasteiger charge is -2.18. The van der Waals surface area contributed by atoms with Crippen molar-refractivity contribution < 1.29 is 24.3 Å². The molecule has 4 amide bonds. The van der Waals surface area contributed by atoms with Gasteiger partial charge in [0.1, 0.15) is 0 Å². The summed E-state index contributed by atoms with van der Waals surface area (Å²) in [5, 5.41) is 20.0. The Bertz CT molecular complexity index is 1260. The molecule has 1 atom stereocenters. The molecule has 0 bridgehead atoms. The van der Waals surface area contributed by atoms with Crippen LogP contribution >= 0.6 is 0 Å². The van der Waals surface area contributed by atoms with E-state index in [1.807, 2.05) is 73.7 Å². The SMILES string of the molecule is Cc1ccccc1CNC(=O)NCCCC(=O)NCC(=O)NC(CC(=O)O)c1ccc(-c2ccccc2)cc1. The third-order valence-electron chi connectivity index (χ3n) is 6.15. The van der Waals surface area contributed by atoms with Crippen molar-refractivity contribution in [3.8, 4) is 11.1 Å². The van der Waals surface area contributed by atoms with Crippen LogP contribution in [0.4, 0.5) is 4.79 Å². The van der Waals surface area contributed by atoms with Crippen molar-refractivity contribution in [2.75, 3.05) is 13.1 Å². The lowest BCUT2D eigenvalue weighted by molar-refractivity contribution is -0.138. The predicted molar refractivity (Wildman–Crippen MR) is 149 cm³/mol. The molecule has 5 N–H and O–H groups in total. The highest BCUT2D eigenvalue weighted by atomic mass is 16.4. The van der Waals surface area contributed by atoms with Gasteiger partial charge in [0.2, 0.25) is 11.8 Å². The van der Waals surface area contributed by atoms with Crippen molar-refractivity contribution in [1.82, 2.24) is 21.3 Å². The fourth-order valence-corrected chi connectivity index (χ4v) is 3.98. The topological polar surface area (TPSA) is 137 Å². The molecule has 0 heterocycles. The van der Waals surface area contributed by atoms with Crippen LogP contribution in [0.5, 0.6) is 0 Å². The molecule has 0 aromatic heterocycles. The minimum Gasteiger partial charge on any atom is -0.481 e. The molecule has 39 heavy (non-hydrogen) atoms. The van der Waals surface area contributed by atoms with Gasteiger partial charge in [-0.05, 0) is 41.2 Å². The van der Waals surface area contributed by atoms with Crippen molar-refractivity contribution in [1.29, 1.82) is 0 Å². The summed E-state index contributed by atoms with van der Waals surface area (Å²) in [5.41, 5.74) is 4.78. The third kappa shape index (κ3) is 9.96. The zero-order chi connectivity index (χ0) is 28.0. The molecule has 9 heteroatoms. The van der Waals surface area contributed by atoms with Gasteiger partial charge in [-0.3, -0.25) is 14.4 Å². The minimum atomic E-state index is -1.05. The first-order valence-corrected chi connectivity index (χ1v) is 12.8. The Labute approximate surface area is 228 Å². The summed E-state index contributed by atoms with van der Waals surface area (Å²) in [6.45, 7) is 2.41. The molecule has 1 unspecified atom stereocenters. The maximum atomic E-state index is 12.4. The Morgan fingerprint density at radius 1 is 0.769 bits per heavy atom. The highest BCUT2D eigenvalue weighted by Crippen LogP contribution is 2.23. The van der Waals surface area contributed by atoms with Gasteiger partial charge in [-0.2, -0.15) is 0 Å². The smallest absolute Gasteiger partial charge is 0.315 e. The first kappa shape index (κ1) is 28.9. The standard InChI is InChI=1S/C30H34N4O5/c1-21-8-5-6-11-25(21)19-33-30(39)31-17-7-12-27(35)32-20-28(36)34-26(18-29(37)38)24-15-13-23(14-16-24)22-9-3-2-4-10-22/h2-6,8-11,13-16,26H,7,12,17-20H2,1H3,(H,32,35)(H,34,36)(H,37,38)(H2,31,33,39). The van der Waals surface area contributed by atoms with Crippen molar-refractivity contribution in [3.63, 3.8) is 0 Å². The number of hydrogen-bond acceptors (Lipinski definition) is 4. The molecular weight excluding hydrogens is 496 g/mol. The summed E-state index contributed by atoms with van der Waals surface area (Å²) in [6, 6.07) is 23.8. The summed E-state index contributed by atoms with van der Waals surface area (Å²) in [6.07, 6.45) is 0.243. The second-order valence-electron chi connectivity index (χ2n) is 9.12. The van der Waals surface area contributed by atoms with Crippen LogP contribution in [0.25, 0.3) is 11.1 Å². The van der Waals surface area contributed by atoms with Gasteiger partial charge < -0.3 is 26.4 Å². The van der Waals surface area contributed by atoms with E-state index < -0.39 is 17.9 Å². The molecule has 0 spiro atoms. The van der Waals surface area contributed by atoms with Crippen LogP contribution in [0.2, 0.25) is 0 Å². The van der Waals surface area contributed by atoms with E-state index in [0.717, 1.165) is 22.3 Å². The van der Waals surface area contributed by atoms with E-state index in [9.17, 15) is 24.3 Å². The van der Waals surface area contributed by atoms with Crippen LogP contribution in [-0.2, 0) is 20.9 Å². The minimum absolute atomic E-state index is 0.130. The van der Waals surface area contributed by atoms with E-state index in [1.165, 1.54) is 0 Å². The van der Waals surface area contributed by atoms with Gasteiger partial charge in [-0.1, -0.05) is 78.9 Å². The molecule has 0 aliphatic rings. The first-order chi connectivity index (χ1) is 18.8. The summed E-state index contributed by atoms with van der Waals surface area (Å²) >= 11 is 0. The van der Waals surface area contributed by atoms with Gasteiger partial charge in [-0.25, -0.2) is 4.79 Å². The molecule has 3 aromatic carbocycles. The lowest BCUT2D eigenvalue weighted by atomic mass is 9.99. The molecule has 0 aliphatic heterocycles. The van der Waals surface area contributed by atoms with Crippen LogP contribution < -0.4 is 21.3 Å². The fourth-order valence-electron chi connectivity index (χ4n) is 3.98. The summed E-state index contributed by atoms with van der Waals surface area (Å²) in [7, 11) is 0. The number of benzene rings is 3. The van der Waals surface area contributed by atoms with E-state index in [4.69, 9.17) is 0 Å². The fraction of sp³-hybridized carbons (Fsp3) is 0.267. The highest BCUT2D eigenvalue weighted by molar-refractivity contribution is 5.85.